The molecular weight excluding hydrogens is 566 g/mol. The summed E-state index contributed by atoms with van der Waals surface area (Å²) in [5.41, 5.74) is 2.59. The van der Waals surface area contributed by atoms with Crippen LogP contribution in [-0.2, 0) is 40.9 Å². The van der Waals surface area contributed by atoms with Crippen molar-refractivity contribution < 1.29 is 27.2 Å². The minimum Gasteiger partial charge on any atom is -0.496 e. The molecule has 0 aliphatic rings. The number of aromatic nitrogens is 7. The molecule has 216 valence electrons. The molecule has 0 radical (unpaired) electrons. The number of H-pyrrole nitrogens is 1. The second-order valence-corrected chi connectivity index (χ2v) is 10.6. The molecule has 0 aliphatic heterocycles. The second-order valence-electron chi connectivity index (χ2n) is 8.93. The molecule has 0 spiro atoms. The zero-order valence-corrected chi connectivity index (χ0v) is 23.3. The fourth-order valence-electron chi connectivity index (χ4n) is 4.09. The molecule has 16 heteroatoms. The molecule has 3 heterocycles. The first-order valence-corrected chi connectivity index (χ1v) is 14.0. The van der Waals surface area contributed by atoms with Gasteiger partial charge in [-0.15, -0.1) is 16.6 Å². The summed E-state index contributed by atoms with van der Waals surface area (Å²) in [5, 5.41) is 24.6. The van der Waals surface area contributed by atoms with Crippen LogP contribution in [-0.4, -0.2) is 57.0 Å². The lowest BCUT2D eigenvalue weighted by Gasteiger charge is -2.13. The van der Waals surface area contributed by atoms with Crippen LogP contribution in [0.1, 0.15) is 29.4 Å². The van der Waals surface area contributed by atoms with E-state index >= 15 is 0 Å². The van der Waals surface area contributed by atoms with Crippen molar-refractivity contribution in [1.29, 1.82) is 0 Å². The molecule has 0 bridgehead atoms. The largest absolute Gasteiger partial charge is 0.496 e. The number of hydrogen-bond acceptors (Lipinski definition) is 11. The number of hydrogen-bond donors (Lipinski definition) is 3. The van der Waals surface area contributed by atoms with E-state index in [4.69, 9.17) is 20.4 Å². The van der Waals surface area contributed by atoms with Crippen LogP contribution in [0.4, 0.5) is 5.82 Å². The van der Waals surface area contributed by atoms with E-state index < -0.39 is 15.9 Å². The Bertz CT molecular complexity index is 1870. The number of rotatable bonds is 12. The Morgan fingerprint density at radius 1 is 1.19 bits per heavy atom. The normalized spacial score (nSPS) is 11.3. The summed E-state index contributed by atoms with van der Waals surface area (Å²) in [6, 6.07) is 8.32. The minimum atomic E-state index is -4.20. The Morgan fingerprint density at radius 3 is 2.79 bits per heavy atom. The molecule has 0 atom stereocenters. The van der Waals surface area contributed by atoms with Crippen LogP contribution in [0.15, 0.2) is 52.1 Å². The van der Waals surface area contributed by atoms with Crippen LogP contribution in [0.3, 0.4) is 0 Å². The number of ether oxygens (including phenoxy) is 2. The van der Waals surface area contributed by atoms with Gasteiger partial charge in [0.05, 0.1) is 19.9 Å². The fraction of sp³-hybridized carbons (Fsp3) is 0.231. The SMILES string of the molecule is C#CC(=O)NCc1cnn(Cc2cc(OC)c3c(NS(=O)(=O)c4cc(CC)ccc4OCc4nn[nH]n4)noc3c2)c1. The number of carbonyl (C=O) groups excluding carboxylic acids is 1. The highest BCUT2D eigenvalue weighted by molar-refractivity contribution is 7.92. The van der Waals surface area contributed by atoms with Crippen LogP contribution < -0.4 is 19.5 Å². The first-order valence-electron chi connectivity index (χ1n) is 12.5. The number of nitrogens with one attached hydrogen (secondary N) is 3. The van der Waals surface area contributed by atoms with Crippen LogP contribution in [0.5, 0.6) is 11.5 Å². The van der Waals surface area contributed by atoms with Crippen molar-refractivity contribution in [2.45, 2.75) is 37.9 Å². The van der Waals surface area contributed by atoms with E-state index in [0.717, 1.165) is 16.7 Å². The molecule has 0 saturated heterocycles. The number of aromatic amines is 1. The molecule has 0 fully saturated rings. The monoisotopic (exact) mass is 591 g/mol. The first-order chi connectivity index (χ1) is 20.3. The highest BCUT2D eigenvalue weighted by Gasteiger charge is 2.25. The Hall–Kier alpha value is -5.43. The molecular formula is C26H25N9O6S. The fourth-order valence-corrected chi connectivity index (χ4v) is 5.29. The van der Waals surface area contributed by atoms with E-state index in [0.29, 0.717) is 29.7 Å². The van der Waals surface area contributed by atoms with Crippen molar-refractivity contribution in [3.63, 3.8) is 0 Å². The van der Waals surface area contributed by atoms with Gasteiger partial charge in [0, 0.05) is 18.3 Å². The summed E-state index contributed by atoms with van der Waals surface area (Å²) < 4.78 is 48.2. The lowest BCUT2D eigenvalue weighted by atomic mass is 10.1. The topological polar surface area (TPSA) is 192 Å². The molecule has 3 aromatic heterocycles. The van der Waals surface area contributed by atoms with Gasteiger partial charge in [0.15, 0.2) is 18.0 Å². The first kappa shape index (κ1) is 28.1. The maximum absolute atomic E-state index is 13.6. The average Bonchev–Trinajstić information content (AvgIpc) is 3.76. The molecule has 5 aromatic rings. The smallest absolute Gasteiger partial charge is 0.295 e. The van der Waals surface area contributed by atoms with Crippen molar-refractivity contribution in [3.05, 3.63) is 65.2 Å². The summed E-state index contributed by atoms with van der Waals surface area (Å²) in [5.74, 6) is 2.13. The number of benzene rings is 2. The standard InChI is InChI=1S/C26H25N9O6S/c1-4-16-6-7-19(40-15-23-29-33-34-30-23)22(10-16)42(37,38)32-26-25-20(39-3)8-17(9-21(25)41-31-26)13-35-14-18(12-28-35)11-27-24(36)5-2/h2,6-10,12,14H,4,11,13,15H2,1,3H3,(H,27,36)(H,31,32)(H,29,30,33,34). The van der Waals surface area contributed by atoms with Gasteiger partial charge >= 0.3 is 0 Å². The van der Waals surface area contributed by atoms with Crippen molar-refractivity contribution in [1.82, 2.24) is 40.9 Å². The number of terminal acetylenes is 1. The van der Waals surface area contributed by atoms with Crippen LogP contribution in [0, 0.1) is 12.3 Å². The number of anilines is 1. The van der Waals surface area contributed by atoms with Gasteiger partial charge in [0.2, 0.25) is 5.82 Å². The summed E-state index contributed by atoms with van der Waals surface area (Å²) in [6.07, 6.45) is 9.05. The third-order valence-corrected chi connectivity index (χ3v) is 7.48. The number of methoxy groups -OCH3 is 1. The Morgan fingerprint density at radius 2 is 2.05 bits per heavy atom. The maximum atomic E-state index is 13.6. The van der Waals surface area contributed by atoms with Crippen molar-refractivity contribution >= 4 is 32.7 Å². The van der Waals surface area contributed by atoms with E-state index in [1.165, 1.54) is 13.2 Å². The number of carbonyl (C=O) groups is 1. The number of aryl methyl sites for hydroxylation is 1. The van der Waals surface area contributed by atoms with Crippen molar-refractivity contribution in [2.75, 3.05) is 11.8 Å². The Kier molecular flexibility index (Phi) is 8.02. The van der Waals surface area contributed by atoms with Gasteiger partial charge in [-0.25, -0.2) is 8.42 Å². The highest BCUT2D eigenvalue weighted by Crippen LogP contribution is 2.36. The maximum Gasteiger partial charge on any atom is 0.295 e. The van der Waals surface area contributed by atoms with Gasteiger partial charge in [-0.3, -0.25) is 14.2 Å². The molecule has 0 unspecified atom stereocenters. The number of sulfonamides is 1. The zero-order valence-electron chi connectivity index (χ0n) is 22.5. The third-order valence-electron chi connectivity index (χ3n) is 6.12. The quantitative estimate of drug-likeness (QED) is 0.179. The third kappa shape index (κ3) is 6.15. The molecule has 0 saturated carbocycles. The van der Waals surface area contributed by atoms with E-state index in [9.17, 15) is 13.2 Å². The highest BCUT2D eigenvalue weighted by atomic mass is 32.2. The molecule has 2 aromatic carbocycles. The van der Waals surface area contributed by atoms with Crippen LogP contribution in [0.2, 0.25) is 0 Å². The zero-order chi connectivity index (χ0) is 29.7. The number of nitrogens with zero attached hydrogens (tertiary/aromatic N) is 6. The minimum absolute atomic E-state index is 0.0509. The Balaban J connectivity index is 1.40. The molecule has 0 aliphatic carbocycles. The summed E-state index contributed by atoms with van der Waals surface area (Å²) in [7, 11) is -2.74. The van der Waals surface area contributed by atoms with Crippen LogP contribution in [0.25, 0.3) is 11.0 Å². The van der Waals surface area contributed by atoms with Gasteiger partial charge in [-0.05, 0) is 47.7 Å². The van der Waals surface area contributed by atoms with E-state index in [1.54, 1.807) is 41.3 Å². The van der Waals surface area contributed by atoms with Crippen molar-refractivity contribution in [3.8, 4) is 23.8 Å². The van der Waals surface area contributed by atoms with Crippen LogP contribution >= 0.6 is 0 Å². The average molecular weight is 592 g/mol. The summed E-state index contributed by atoms with van der Waals surface area (Å²) >= 11 is 0. The van der Waals surface area contributed by atoms with Gasteiger partial charge in [0.25, 0.3) is 15.9 Å². The van der Waals surface area contributed by atoms with Crippen molar-refractivity contribution in [2.24, 2.45) is 0 Å². The van der Waals surface area contributed by atoms with Gasteiger partial charge in [-0.1, -0.05) is 23.4 Å². The summed E-state index contributed by atoms with van der Waals surface area (Å²) in [4.78, 5) is 11.2. The molecule has 5 rings (SSSR count). The summed E-state index contributed by atoms with van der Waals surface area (Å²) in [6.45, 7) is 2.39. The molecule has 3 N–H and O–H groups in total. The van der Waals surface area contributed by atoms with Gasteiger partial charge < -0.3 is 19.3 Å². The Labute approximate surface area is 239 Å². The number of amides is 1. The number of fused-ring (bicyclic) bond motifs is 1. The van der Waals surface area contributed by atoms with Gasteiger partial charge in [-0.2, -0.15) is 10.3 Å². The van der Waals surface area contributed by atoms with Gasteiger partial charge in [0.1, 0.15) is 21.8 Å². The predicted octanol–water partition coefficient (Wildman–Crippen LogP) is 1.79. The number of tetrazole rings is 1. The lowest BCUT2D eigenvalue weighted by molar-refractivity contribution is -0.115. The molecule has 42 heavy (non-hydrogen) atoms. The molecule has 15 nitrogen and oxygen atoms in total. The van der Waals surface area contributed by atoms with E-state index in [2.05, 4.69) is 40.9 Å². The predicted molar refractivity (Wildman–Crippen MR) is 148 cm³/mol. The van der Waals surface area contributed by atoms with E-state index in [1.807, 2.05) is 12.8 Å². The lowest BCUT2D eigenvalue weighted by Crippen LogP contribution is -2.20. The second kappa shape index (κ2) is 12.0. The molecule has 1 amide bonds. The van der Waals surface area contributed by atoms with E-state index in [-0.39, 0.29) is 35.4 Å².